The quantitative estimate of drug-likeness (QED) is 0.659. The van der Waals surface area contributed by atoms with Crippen LogP contribution in [0.4, 0.5) is 4.39 Å². The Balaban J connectivity index is 1.79. The van der Waals surface area contributed by atoms with Crippen LogP contribution in [0.1, 0.15) is 30.1 Å². The van der Waals surface area contributed by atoms with Gasteiger partial charge in [0.25, 0.3) is 5.91 Å². The van der Waals surface area contributed by atoms with Gasteiger partial charge in [-0.3, -0.25) is 4.79 Å². The lowest BCUT2D eigenvalue weighted by molar-refractivity contribution is 0.0699. The highest BCUT2D eigenvalue weighted by atomic mass is 19.1. The van der Waals surface area contributed by atoms with Crippen molar-refractivity contribution in [1.29, 1.82) is 0 Å². The number of amides is 1. The van der Waals surface area contributed by atoms with Gasteiger partial charge in [0.2, 0.25) is 0 Å². The van der Waals surface area contributed by atoms with Gasteiger partial charge in [-0.2, -0.15) is 0 Å². The largest absolute Gasteiger partial charge is 0.339 e. The molecule has 3 nitrogen and oxygen atoms in total. The molecule has 0 saturated carbocycles. The lowest BCUT2D eigenvalue weighted by Gasteiger charge is -2.30. The Labute approximate surface area is 152 Å². The Hall–Kier alpha value is -2.75. The number of halogens is 1. The van der Waals surface area contributed by atoms with E-state index in [4.69, 9.17) is 0 Å². The molecule has 1 aliphatic rings. The third kappa shape index (κ3) is 3.19. The minimum absolute atomic E-state index is 0.0545. The first-order chi connectivity index (χ1) is 12.6. The number of piperidine rings is 1. The van der Waals surface area contributed by atoms with E-state index < -0.39 is 0 Å². The van der Waals surface area contributed by atoms with Crippen LogP contribution in [0.5, 0.6) is 0 Å². The van der Waals surface area contributed by atoms with Crippen molar-refractivity contribution in [1.82, 2.24) is 9.88 Å². The summed E-state index contributed by atoms with van der Waals surface area (Å²) in [7, 11) is 0. The molecule has 3 aromatic rings. The first kappa shape index (κ1) is 16.7. The Morgan fingerprint density at radius 1 is 1.08 bits per heavy atom. The lowest BCUT2D eigenvalue weighted by Crippen LogP contribution is -2.38. The summed E-state index contributed by atoms with van der Waals surface area (Å²) in [5, 5.41) is 0.863. The molecule has 0 atom stereocenters. The van der Waals surface area contributed by atoms with E-state index in [9.17, 15) is 9.18 Å². The summed E-state index contributed by atoms with van der Waals surface area (Å²) in [6.45, 7) is 3.82. The fourth-order valence-electron chi connectivity index (χ4n) is 3.50. The second-order valence-electron chi connectivity index (χ2n) is 7.05. The summed E-state index contributed by atoms with van der Waals surface area (Å²) in [6.07, 6.45) is 2.08. The molecule has 132 valence electrons. The van der Waals surface area contributed by atoms with Crippen LogP contribution in [0.15, 0.2) is 54.6 Å². The molecule has 2 heterocycles. The first-order valence-corrected chi connectivity index (χ1v) is 9.07. The van der Waals surface area contributed by atoms with Gasteiger partial charge >= 0.3 is 0 Å². The molecular formula is C22H21FN2O. The zero-order valence-electron chi connectivity index (χ0n) is 14.8. The molecular weight excluding hydrogens is 327 g/mol. The van der Waals surface area contributed by atoms with E-state index in [-0.39, 0.29) is 11.7 Å². The fraction of sp³-hybridized carbons (Fsp3) is 0.273. The number of fused-ring (bicyclic) bond motifs is 1. The van der Waals surface area contributed by atoms with Gasteiger partial charge in [0.15, 0.2) is 0 Å². The van der Waals surface area contributed by atoms with Crippen LogP contribution < -0.4 is 0 Å². The molecule has 0 bridgehead atoms. The average Bonchev–Trinajstić information content (AvgIpc) is 2.68. The maximum absolute atomic E-state index is 13.3. The van der Waals surface area contributed by atoms with E-state index in [1.807, 2.05) is 35.2 Å². The predicted molar refractivity (Wildman–Crippen MR) is 101 cm³/mol. The van der Waals surface area contributed by atoms with Crippen LogP contribution in [-0.4, -0.2) is 28.9 Å². The summed E-state index contributed by atoms with van der Waals surface area (Å²) in [5.41, 5.74) is 2.95. The van der Waals surface area contributed by atoms with Gasteiger partial charge in [0.1, 0.15) is 5.82 Å². The summed E-state index contributed by atoms with van der Waals surface area (Å²) in [4.78, 5) is 19.8. The lowest BCUT2D eigenvalue weighted by atomic mass is 9.97. The molecule has 0 N–H and O–H groups in total. The van der Waals surface area contributed by atoms with Crippen LogP contribution in [0, 0.1) is 11.7 Å². The van der Waals surface area contributed by atoms with E-state index in [0.29, 0.717) is 17.2 Å². The van der Waals surface area contributed by atoms with E-state index in [0.717, 1.165) is 42.4 Å². The van der Waals surface area contributed by atoms with Crippen molar-refractivity contribution in [2.45, 2.75) is 19.8 Å². The molecule has 1 fully saturated rings. The topological polar surface area (TPSA) is 33.2 Å². The van der Waals surface area contributed by atoms with Crippen molar-refractivity contribution in [2.24, 2.45) is 5.92 Å². The summed E-state index contributed by atoms with van der Waals surface area (Å²) >= 11 is 0. The molecule has 1 amide bonds. The highest BCUT2D eigenvalue weighted by Crippen LogP contribution is 2.27. The standard InChI is InChI=1S/C22H21FN2O/c1-15-10-12-25(13-11-15)22(26)19-14-21(16-6-8-17(23)9-7-16)24-20-5-3-2-4-18(19)20/h2-9,14-15H,10-13H2,1H3. The number of carbonyl (C=O) groups excluding carboxylic acids is 1. The van der Waals surface area contributed by atoms with Gasteiger partial charge in [0.05, 0.1) is 16.8 Å². The smallest absolute Gasteiger partial charge is 0.254 e. The van der Waals surface area contributed by atoms with Gasteiger partial charge in [-0.1, -0.05) is 25.1 Å². The normalized spacial score (nSPS) is 15.4. The Kier molecular flexibility index (Phi) is 4.41. The number of carbonyl (C=O) groups is 1. The SMILES string of the molecule is CC1CCN(C(=O)c2cc(-c3ccc(F)cc3)nc3ccccc23)CC1. The van der Waals surface area contributed by atoms with Crippen LogP contribution in [0.3, 0.4) is 0 Å². The molecule has 2 aromatic carbocycles. The molecule has 4 rings (SSSR count). The number of aromatic nitrogens is 1. The maximum atomic E-state index is 13.3. The van der Waals surface area contributed by atoms with Crippen LogP contribution in [0.2, 0.25) is 0 Å². The summed E-state index contributed by atoms with van der Waals surface area (Å²) in [5.74, 6) is 0.440. The first-order valence-electron chi connectivity index (χ1n) is 9.07. The number of hydrogen-bond donors (Lipinski definition) is 0. The average molecular weight is 348 g/mol. The van der Waals surface area contributed by atoms with Crippen LogP contribution >= 0.6 is 0 Å². The number of hydrogen-bond acceptors (Lipinski definition) is 2. The Morgan fingerprint density at radius 2 is 1.77 bits per heavy atom. The minimum Gasteiger partial charge on any atom is -0.339 e. The molecule has 0 spiro atoms. The maximum Gasteiger partial charge on any atom is 0.254 e. The highest BCUT2D eigenvalue weighted by molar-refractivity contribution is 6.07. The number of likely N-dealkylation sites (tertiary alicyclic amines) is 1. The second kappa shape index (κ2) is 6.87. The van der Waals surface area contributed by atoms with Crippen molar-refractivity contribution in [3.8, 4) is 11.3 Å². The Bertz CT molecular complexity index is 944. The molecule has 1 saturated heterocycles. The number of para-hydroxylation sites is 1. The molecule has 0 radical (unpaired) electrons. The van der Waals surface area contributed by atoms with Gasteiger partial charge < -0.3 is 4.90 Å². The minimum atomic E-state index is -0.284. The van der Waals surface area contributed by atoms with Gasteiger partial charge in [0, 0.05) is 24.0 Å². The highest BCUT2D eigenvalue weighted by Gasteiger charge is 2.23. The van der Waals surface area contributed by atoms with E-state index in [2.05, 4.69) is 11.9 Å². The molecule has 4 heteroatoms. The third-order valence-electron chi connectivity index (χ3n) is 5.16. The number of nitrogens with zero attached hydrogens (tertiary/aromatic N) is 2. The molecule has 0 unspecified atom stereocenters. The van der Waals surface area contributed by atoms with E-state index in [1.54, 1.807) is 12.1 Å². The molecule has 26 heavy (non-hydrogen) atoms. The molecule has 1 aliphatic heterocycles. The van der Waals surface area contributed by atoms with Crippen molar-refractivity contribution < 1.29 is 9.18 Å². The van der Waals surface area contributed by atoms with Crippen molar-refractivity contribution >= 4 is 16.8 Å². The van der Waals surface area contributed by atoms with Gasteiger partial charge in [-0.25, -0.2) is 9.37 Å². The fourth-order valence-corrected chi connectivity index (χ4v) is 3.50. The predicted octanol–water partition coefficient (Wildman–Crippen LogP) is 4.91. The van der Waals surface area contributed by atoms with Crippen molar-refractivity contribution in [3.63, 3.8) is 0 Å². The van der Waals surface area contributed by atoms with Gasteiger partial charge in [-0.05, 0) is 55.2 Å². The monoisotopic (exact) mass is 348 g/mol. The number of rotatable bonds is 2. The van der Waals surface area contributed by atoms with Gasteiger partial charge in [-0.15, -0.1) is 0 Å². The summed E-state index contributed by atoms with van der Waals surface area (Å²) < 4.78 is 13.3. The number of pyridine rings is 1. The zero-order chi connectivity index (χ0) is 18.1. The van der Waals surface area contributed by atoms with Crippen molar-refractivity contribution in [3.05, 3.63) is 66.0 Å². The molecule has 1 aromatic heterocycles. The van der Waals surface area contributed by atoms with Crippen LogP contribution in [0.25, 0.3) is 22.2 Å². The summed E-state index contributed by atoms with van der Waals surface area (Å²) in [6, 6.07) is 15.8. The van der Waals surface area contributed by atoms with Crippen molar-refractivity contribution in [2.75, 3.05) is 13.1 Å². The molecule has 0 aliphatic carbocycles. The van der Waals surface area contributed by atoms with Crippen LogP contribution in [-0.2, 0) is 0 Å². The number of benzene rings is 2. The zero-order valence-corrected chi connectivity index (χ0v) is 14.8. The third-order valence-corrected chi connectivity index (χ3v) is 5.16. The Morgan fingerprint density at radius 3 is 2.50 bits per heavy atom. The van der Waals surface area contributed by atoms with E-state index in [1.165, 1.54) is 12.1 Å². The van der Waals surface area contributed by atoms with E-state index >= 15 is 0 Å². The second-order valence-corrected chi connectivity index (χ2v) is 7.05.